The highest BCUT2D eigenvalue weighted by Crippen LogP contribution is 2.33. The van der Waals surface area contributed by atoms with Crippen molar-refractivity contribution in [3.8, 4) is 0 Å². The van der Waals surface area contributed by atoms with Crippen LogP contribution < -0.4 is 10.6 Å². The quantitative estimate of drug-likeness (QED) is 0.517. The summed E-state index contributed by atoms with van der Waals surface area (Å²) < 4.78 is 10.8. The molecule has 1 aliphatic heterocycles. The van der Waals surface area contributed by atoms with Crippen molar-refractivity contribution in [2.45, 2.75) is 57.7 Å². The van der Waals surface area contributed by atoms with Gasteiger partial charge in [0.1, 0.15) is 0 Å². The van der Waals surface area contributed by atoms with Gasteiger partial charge in [0.25, 0.3) is 0 Å². The summed E-state index contributed by atoms with van der Waals surface area (Å²) >= 11 is 0. The highest BCUT2D eigenvalue weighted by atomic mass is 16.5. The number of nitrogens with zero attached hydrogens (tertiary/aromatic N) is 2. The lowest BCUT2D eigenvalue weighted by Gasteiger charge is -2.48. The second-order valence-corrected chi connectivity index (χ2v) is 8.18. The van der Waals surface area contributed by atoms with Crippen LogP contribution >= 0.6 is 0 Å². The van der Waals surface area contributed by atoms with Gasteiger partial charge in [-0.2, -0.15) is 0 Å². The lowest BCUT2D eigenvalue weighted by molar-refractivity contribution is -0.0352. The van der Waals surface area contributed by atoms with E-state index in [0.717, 1.165) is 45.4 Å². The van der Waals surface area contributed by atoms with E-state index in [1.807, 2.05) is 0 Å². The summed E-state index contributed by atoms with van der Waals surface area (Å²) in [6.07, 6.45) is 6.53. The summed E-state index contributed by atoms with van der Waals surface area (Å²) in [5.74, 6) is 0.909. The number of benzene rings is 1. The molecule has 2 aliphatic rings. The third kappa shape index (κ3) is 6.43. The van der Waals surface area contributed by atoms with Crippen molar-refractivity contribution in [1.29, 1.82) is 0 Å². The number of methoxy groups -OCH3 is 1. The molecule has 0 atom stereocenters. The monoisotopic (exact) mass is 402 g/mol. The third-order valence-electron chi connectivity index (χ3n) is 6.15. The Bertz CT molecular complexity index is 620. The van der Waals surface area contributed by atoms with Crippen LogP contribution in [0.5, 0.6) is 0 Å². The molecule has 3 rings (SSSR count). The van der Waals surface area contributed by atoms with E-state index in [2.05, 4.69) is 46.7 Å². The van der Waals surface area contributed by atoms with E-state index in [1.54, 1.807) is 7.11 Å². The lowest BCUT2D eigenvalue weighted by Crippen LogP contribution is -2.60. The minimum atomic E-state index is 0.236. The van der Waals surface area contributed by atoms with Gasteiger partial charge in [-0.3, -0.25) is 4.90 Å². The topological polar surface area (TPSA) is 58.1 Å². The van der Waals surface area contributed by atoms with Gasteiger partial charge in [-0.25, -0.2) is 4.99 Å². The Hall–Kier alpha value is -1.63. The first-order valence-electron chi connectivity index (χ1n) is 11.2. The smallest absolute Gasteiger partial charge is 0.191 e. The molecule has 0 bridgehead atoms. The average Bonchev–Trinajstić information content (AvgIpc) is 2.78. The van der Waals surface area contributed by atoms with E-state index in [1.165, 1.54) is 43.2 Å². The molecule has 6 nitrogen and oxygen atoms in total. The van der Waals surface area contributed by atoms with Crippen LogP contribution in [0.4, 0.5) is 0 Å². The Balaban J connectivity index is 1.62. The van der Waals surface area contributed by atoms with Crippen LogP contribution in [-0.4, -0.2) is 62.9 Å². The van der Waals surface area contributed by atoms with Crippen molar-refractivity contribution in [1.82, 2.24) is 15.5 Å². The molecule has 0 spiro atoms. The molecule has 6 heteroatoms. The Labute approximate surface area is 176 Å². The molecule has 0 unspecified atom stereocenters. The Morgan fingerprint density at radius 3 is 2.41 bits per heavy atom. The molecule has 1 aliphatic carbocycles. The number of morpholine rings is 1. The summed E-state index contributed by atoms with van der Waals surface area (Å²) in [5.41, 5.74) is 2.64. The van der Waals surface area contributed by atoms with E-state index in [0.29, 0.717) is 13.2 Å². The van der Waals surface area contributed by atoms with Gasteiger partial charge >= 0.3 is 0 Å². The Kier molecular flexibility index (Phi) is 8.77. The minimum Gasteiger partial charge on any atom is -0.380 e. The van der Waals surface area contributed by atoms with Gasteiger partial charge in [0.05, 0.1) is 26.4 Å². The van der Waals surface area contributed by atoms with Crippen molar-refractivity contribution in [3.63, 3.8) is 0 Å². The van der Waals surface area contributed by atoms with Crippen LogP contribution in [-0.2, 0) is 22.6 Å². The molecule has 1 aromatic carbocycles. The number of nitrogens with one attached hydrogen (secondary N) is 2. The zero-order valence-electron chi connectivity index (χ0n) is 18.2. The van der Waals surface area contributed by atoms with E-state index < -0.39 is 0 Å². The molecule has 1 saturated heterocycles. The fourth-order valence-corrected chi connectivity index (χ4v) is 4.52. The van der Waals surface area contributed by atoms with Gasteiger partial charge in [-0.05, 0) is 30.9 Å². The molecule has 1 heterocycles. The maximum atomic E-state index is 5.60. The molecule has 2 N–H and O–H groups in total. The van der Waals surface area contributed by atoms with Crippen LogP contribution in [0.15, 0.2) is 29.3 Å². The normalized spacial score (nSPS) is 20.4. The number of aliphatic imine (C=N–C) groups is 1. The second kappa shape index (κ2) is 11.5. The first-order chi connectivity index (χ1) is 14.3. The molecular weight excluding hydrogens is 364 g/mol. The van der Waals surface area contributed by atoms with Gasteiger partial charge in [0, 0.05) is 38.8 Å². The molecule has 162 valence electrons. The van der Waals surface area contributed by atoms with E-state index in [9.17, 15) is 0 Å². The minimum absolute atomic E-state index is 0.236. The first-order valence-corrected chi connectivity index (χ1v) is 11.2. The molecule has 2 fully saturated rings. The third-order valence-corrected chi connectivity index (χ3v) is 6.15. The first kappa shape index (κ1) is 22.1. The number of guanidine groups is 1. The summed E-state index contributed by atoms with van der Waals surface area (Å²) in [5, 5.41) is 7.09. The molecular formula is C23H38N4O2. The second-order valence-electron chi connectivity index (χ2n) is 8.18. The van der Waals surface area contributed by atoms with Crippen molar-refractivity contribution < 1.29 is 9.47 Å². The van der Waals surface area contributed by atoms with E-state index in [-0.39, 0.29) is 5.54 Å². The SMILES string of the molecule is CCNC(=NCc1ccc(COC)cc1)NCC1(N2CCOCC2)CCCCC1. The predicted molar refractivity (Wildman–Crippen MR) is 118 cm³/mol. The molecule has 0 aromatic heterocycles. The van der Waals surface area contributed by atoms with Gasteiger partial charge < -0.3 is 20.1 Å². The largest absolute Gasteiger partial charge is 0.380 e. The van der Waals surface area contributed by atoms with Gasteiger partial charge in [0.2, 0.25) is 0 Å². The lowest BCUT2D eigenvalue weighted by atomic mass is 9.80. The van der Waals surface area contributed by atoms with Crippen molar-refractivity contribution >= 4 is 5.96 Å². The van der Waals surface area contributed by atoms with Gasteiger partial charge in [-0.1, -0.05) is 43.5 Å². The summed E-state index contributed by atoms with van der Waals surface area (Å²) in [6, 6.07) is 8.50. The van der Waals surface area contributed by atoms with Crippen molar-refractivity contribution in [3.05, 3.63) is 35.4 Å². The van der Waals surface area contributed by atoms with Gasteiger partial charge in [0.15, 0.2) is 5.96 Å². The fraction of sp³-hybridized carbons (Fsp3) is 0.696. The maximum absolute atomic E-state index is 5.60. The van der Waals surface area contributed by atoms with Crippen LogP contribution in [0.1, 0.15) is 50.2 Å². The summed E-state index contributed by atoms with van der Waals surface area (Å²) in [7, 11) is 1.72. The van der Waals surface area contributed by atoms with Crippen molar-refractivity contribution in [2.75, 3.05) is 46.5 Å². The van der Waals surface area contributed by atoms with E-state index in [4.69, 9.17) is 14.5 Å². The zero-order chi connectivity index (χ0) is 20.4. The molecule has 29 heavy (non-hydrogen) atoms. The van der Waals surface area contributed by atoms with Crippen LogP contribution in [0.2, 0.25) is 0 Å². The summed E-state index contributed by atoms with van der Waals surface area (Å²) in [4.78, 5) is 7.51. The zero-order valence-corrected chi connectivity index (χ0v) is 18.2. The van der Waals surface area contributed by atoms with Crippen LogP contribution in [0.25, 0.3) is 0 Å². The number of hydrogen-bond donors (Lipinski definition) is 2. The van der Waals surface area contributed by atoms with Gasteiger partial charge in [-0.15, -0.1) is 0 Å². The Morgan fingerprint density at radius 1 is 1.07 bits per heavy atom. The van der Waals surface area contributed by atoms with Crippen LogP contribution in [0, 0.1) is 0 Å². The Morgan fingerprint density at radius 2 is 1.76 bits per heavy atom. The number of ether oxygens (including phenoxy) is 2. The van der Waals surface area contributed by atoms with Crippen LogP contribution in [0.3, 0.4) is 0 Å². The fourth-order valence-electron chi connectivity index (χ4n) is 4.52. The molecule has 0 radical (unpaired) electrons. The highest BCUT2D eigenvalue weighted by molar-refractivity contribution is 5.79. The molecule has 0 amide bonds. The van der Waals surface area contributed by atoms with E-state index >= 15 is 0 Å². The standard InChI is InChI=1S/C23H38N4O2/c1-3-24-22(25-17-20-7-9-21(10-8-20)18-28-2)26-19-23(11-5-4-6-12-23)27-13-15-29-16-14-27/h7-10H,3-6,11-19H2,1-2H3,(H2,24,25,26). The highest BCUT2D eigenvalue weighted by Gasteiger charge is 2.38. The predicted octanol–water partition coefficient (Wildman–Crippen LogP) is 2.92. The summed E-state index contributed by atoms with van der Waals surface area (Å²) in [6.45, 7) is 9.06. The van der Waals surface area contributed by atoms with Crippen molar-refractivity contribution in [2.24, 2.45) is 4.99 Å². The molecule has 1 saturated carbocycles. The average molecular weight is 403 g/mol. The maximum Gasteiger partial charge on any atom is 0.191 e. The molecule has 1 aromatic rings. The number of rotatable bonds is 8. The number of hydrogen-bond acceptors (Lipinski definition) is 4.